The predicted octanol–water partition coefficient (Wildman–Crippen LogP) is 3.06. The SMILES string of the molecule is CC(=O)c1cc2c(cn1)OCCO2.CNC1CCN(CCc2c(F)cnc3ccc(OC)nc23)CC1. The number of ether oxygens (including phenoxy) is 3. The summed E-state index contributed by atoms with van der Waals surface area (Å²) in [6.45, 7) is 5.46. The van der Waals surface area contributed by atoms with Gasteiger partial charge in [0.2, 0.25) is 5.88 Å². The zero-order valence-electron chi connectivity index (χ0n) is 20.9. The topological polar surface area (TPSA) is 98.7 Å². The highest BCUT2D eigenvalue weighted by molar-refractivity contribution is 5.92. The summed E-state index contributed by atoms with van der Waals surface area (Å²) in [7, 11) is 3.57. The average molecular weight is 498 g/mol. The molecule has 36 heavy (non-hydrogen) atoms. The number of rotatable bonds is 6. The number of hydrogen-bond donors (Lipinski definition) is 1. The van der Waals surface area contributed by atoms with Crippen LogP contribution in [0.5, 0.6) is 17.4 Å². The summed E-state index contributed by atoms with van der Waals surface area (Å²) in [5.41, 5.74) is 2.35. The van der Waals surface area contributed by atoms with E-state index in [1.54, 1.807) is 19.2 Å². The molecule has 9 nitrogen and oxygen atoms in total. The average Bonchev–Trinajstić information content (AvgIpc) is 2.92. The van der Waals surface area contributed by atoms with E-state index in [0.29, 0.717) is 65.3 Å². The number of pyridine rings is 3. The first-order chi connectivity index (χ1) is 17.5. The van der Waals surface area contributed by atoms with Crippen molar-refractivity contribution in [3.05, 3.63) is 47.7 Å². The van der Waals surface area contributed by atoms with Crippen LogP contribution < -0.4 is 19.5 Å². The van der Waals surface area contributed by atoms with Crippen molar-refractivity contribution in [2.45, 2.75) is 32.2 Å². The Bertz CT molecular complexity index is 1200. The molecule has 2 aliphatic heterocycles. The molecule has 5 heterocycles. The van der Waals surface area contributed by atoms with E-state index in [0.717, 1.165) is 32.5 Å². The quantitative estimate of drug-likeness (QED) is 0.515. The molecule has 2 aliphatic rings. The number of piperidine rings is 1. The van der Waals surface area contributed by atoms with Gasteiger partial charge in [-0.1, -0.05) is 0 Å². The summed E-state index contributed by atoms with van der Waals surface area (Å²) >= 11 is 0. The van der Waals surface area contributed by atoms with Gasteiger partial charge in [0.25, 0.3) is 0 Å². The van der Waals surface area contributed by atoms with Crippen molar-refractivity contribution in [2.75, 3.05) is 47.0 Å². The molecule has 0 radical (unpaired) electrons. The Hall–Kier alpha value is -3.37. The van der Waals surface area contributed by atoms with Gasteiger partial charge in [0.15, 0.2) is 17.3 Å². The first kappa shape index (κ1) is 25.7. The zero-order valence-corrected chi connectivity index (χ0v) is 20.9. The van der Waals surface area contributed by atoms with Gasteiger partial charge in [-0.15, -0.1) is 0 Å². The monoisotopic (exact) mass is 497 g/mol. The Morgan fingerprint density at radius 2 is 1.92 bits per heavy atom. The van der Waals surface area contributed by atoms with Gasteiger partial charge in [-0.05, 0) is 45.5 Å². The van der Waals surface area contributed by atoms with Gasteiger partial charge in [0.1, 0.15) is 24.7 Å². The minimum Gasteiger partial charge on any atom is -0.486 e. The molecule has 0 saturated carbocycles. The van der Waals surface area contributed by atoms with Crippen LogP contribution in [-0.4, -0.2) is 78.7 Å². The van der Waals surface area contributed by atoms with Gasteiger partial charge < -0.3 is 24.4 Å². The third-order valence-electron chi connectivity index (χ3n) is 6.41. The normalized spacial score (nSPS) is 15.8. The van der Waals surface area contributed by atoms with Crippen molar-refractivity contribution in [1.82, 2.24) is 25.2 Å². The molecule has 10 heteroatoms. The summed E-state index contributed by atoms with van der Waals surface area (Å²) in [6, 6.07) is 5.79. The number of carbonyl (C=O) groups is 1. The fourth-order valence-electron chi connectivity index (χ4n) is 4.29. The Kier molecular flexibility index (Phi) is 8.61. The highest BCUT2D eigenvalue weighted by Gasteiger charge is 2.19. The van der Waals surface area contributed by atoms with Gasteiger partial charge in [0.05, 0.1) is 30.5 Å². The number of nitrogens with one attached hydrogen (secondary N) is 1. The minimum absolute atomic E-state index is 0.0722. The number of likely N-dealkylation sites (tertiary alicyclic amines) is 1. The molecule has 0 unspecified atom stereocenters. The van der Waals surface area contributed by atoms with Gasteiger partial charge in [-0.3, -0.25) is 9.78 Å². The lowest BCUT2D eigenvalue weighted by Crippen LogP contribution is -2.41. The number of ketones is 1. The molecular formula is C26H32FN5O4. The van der Waals surface area contributed by atoms with Crippen LogP contribution in [0.2, 0.25) is 0 Å². The Morgan fingerprint density at radius 1 is 1.17 bits per heavy atom. The Morgan fingerprint density at radius 3 is 2.61 bits per heavy atom. The minimum atomic E-state index is -0.289. The summed E-state index contributed by atoms with van der Waals surface area (Å²) < 4.78 is 30.0. The van der Waals surface area contributed by atoms with Crippen LogP contribution in [0.4, 0.5) is 4.39 Å². The maximum absolute atomic E-state index is 14.3. The lowest BCUT2D eigenvalue weighted by atomic mass is 10.0. The van der Waals surface area contributed by atoms with Crippen LogP contribution in [0.3, 0.4) is 0 Å². The summed E-state index contributed by atoms with van der Waals surface area (Å²) in [5, 5.41) is 3.33. The standard InChI is InChI=1S/C17H23FN4O.C9H9NO3/c1-19-12-5-8-22(9-6-12)10-7-13-14(18)11-20-15-3-4-16(23-2)21-17(13)15;1-6(11)7-4-8-9(5-10-7)13-3-2-12-8/h3-4,11-12,19H,5-10H2,1-2H3;4-5H,2-3H2,1H3. The number of aromatic nitrogens is 3. The van der Waals surface area contributed by atoms with E-state index >= 15 is 0 Å². The summed E-state index contributed by atoms with van der Waals surface area (Å²) in [4.78, 5) is 25.8. The number of halogens is 1. The number of nitrogens with zero attached hydrogens (tertiary/aromatic N) is 4. The lowest BCUT2D eigenvalue weighted by molar-refractivity contribution is 0.101. The molecule has 3 aromatic heterocycles. The molecule has 1 fully saturated rings. The summed E-state index contributed by atoms with van der Waals surface area (Å²) in [5.74, 6) is 1.34. The van der Waals surface area contributed by atoms with Gasteiger partial charge in [0, 0.05) is 37.2 Å². The van der Waals surface area contributed by atoms with Crippen molar-refractivity contribution in [1.29, 1.82) is 0 Å². The molecule has 0 atom stereocenters. The van der Waals surface area contributed by atoms with Crippen molar-refractivity contribution >= 4 is 16.8 Å². The van der Waals surface area contributed by atoms with Crippen LogP contribution in [0.25, 0.3) is 11.0 Å². The van der Waals surface area contributed by atoms with E-state index in [1.165, 1.54) is 19.3 Å². The van der Waals surface area contributed by atoms with Crippen LogP contribution in [0.15, 0.2) is 30.6 Å². The first-order valence-corrected chi connectivity index (χ1v) is 12.1. The fraction of sp³-hybridized carbons (Fsp3) is 0.462. The zero-order chi connectivity index (χ0) is 25.5. The molecule has 1 saturated heterocycles. The number of Topliss-reactive ketones (excluding diaryl/α,β-unsaturated/α-hetero) is 1. The van der Waals surface area contributed by atoms with Crippen molar-refractivity contribution in [2.24, 2.45) is 0 Å². The van der Waals surface area contributed by atoms with Gasteiger partial charge >= 0.3 is 0 Å². The summed E-state index contributed by atoms with van der Waals surface area (Å²) in [6.07, 6.45) is 5.73. The number of methoxy groups -OCH3 is 1. The van der Waals surface area contributed by atoms with Crippen molar-refractivity contribution < 1.29 is 23.4 Å². The Balaban J connectivity index is 0.000000197. The number of fused-ring (bicyclic) bond motifs is 2. The number of carbonyl (C=O) groups excluding carboxylic acids is 1. The van der Waals surface area contributed by atoms with E-state index in [2.05, 4.69) is 25.2 Å². The third-order valence-corrected chi connectivity index (χ3v) is 6.41. The second-order valence-electron chi connectivity index (χ2n) is 8.73. The van der Waals surface area contributed by atoms with Gasteiger partial charge in [-0.2, -0.15) is 0 Å². The van der Waals surface area contributed by atoms with E-state index in [4.69, 9.17) is 14.2 Å². The molecule has 0 spiro atoms. The highest BCUT2D eigenvalue weighted by atomic mass is 19.1. The second kappa shape index (κ2) is 12.0. The van der Waals surface area contributed by atoms with Gasteiger partial charge in [-0.25, -0.2) is 14.4 Å². The van der Waals surface area contributed by atoms with Crippen molar-refractivity contribution in [3.63, 3.8) is 0 Å². The van der Waals surface area contributed by atoms with Crippen molar-refractivity contribution in [3.8, 4) is 17.4 Å². The first-order valence-electron chi connectivity index (χ1n) is 12.1. The molecule has 0 bridgehead atoms. The van der Waals surface area contributed by atoms with Crippen LogP contribution in [0.1, 0.15) is 35.8 Å². The molecule has 3 aromatic rings. The largest absolute Gasteiger partial charge is 0.486 e. The van der Waals surface area contributed by atoms with E-state index in [-0.39, 0.29) is 11.6 Å². The smallest absolute Gasteiger partial charge is 0.213 e. The maximum Gasteiger partial charge on any atom is 0.213 e. The molecule has 0 aliphatic carbocycles. The van der Waals surface area contributed by atoms with Crippen LogP contribution in [-0.2, 0) is 6.42 Å². The molecule has 192 valence electrons. The number of hydrogen-bond acceptors (Lipinski definition) is 9. The molecule has 1 N–H and O–H groups in total. The highest BCUT2D eigenvalue weighted by Crippen LogP contribution is 2.29. The third kappa shape index (κ3) is 6.24. The molecule has 0 aromatic carbocycles. The molecular weight excluding hydrogens is 465 g/mol. The fourth-order valence-corrected chi connectivity index (χ4v) is 4.29. The predicted molar refractivity (Wildman–Crippen MR) is 134 cm³/mol. The van der Waals surface area contributed by atoms with E-state index in [1.807, 2.05) is 13.1 Å². The maximum atomic E-state index is 14.3. The van der Waals surface area contributed by atoms with E-state index < -0.39 is 0 Å². The second-order valence-corrected chi connectivity index (χ2v) is 8.73. The molecule has 0 amide bonds. The van der Waals surface area contributed by atoms with E-state index in [9.17, 15) is 9.18 Å². The lowest BCUT2D eigenvalue weighted by Gasteiger charge is -2.31. The molecule has 5 rings (SSSR count). The Labute approximate surface area is 210 Å². The van der Waals surface area contributed by atoms with Crippen LogP contribution >= 0.6 is 0 Å². The van der Waals surface area contributed by atoms with Crippen LogP contribution in [0, 0.1) is 5.82 Å².